The number of carbonyl (C=O) groups excluding carboxylic acids is 1. The third-order valence-corrected chi connectivity index (χ3v) is 3.93. The molecule has 1 aliphatic heterocycles. The highest BCUT2D eigenvalue weighted by Crippen LogP contribution is 2.27. The van der Waals surface area contributed by atoms with Gasteiger partial charge in [-0.2, -0.15) is 0 Å². The van der Waals surface area contributed by atoms with Crippen LogP contribution in [0.3, 0.4) is 0 Å². The summed E-state index contributed by atoms with van der Waals surface area (Å²) in [5, 5.41) is 0.610. The Balaban J connectivity index is 2.19. The zero-order valence-corrected chi connectivity index (χ0v) is 12.3. The van der Waals surface area contributed by atoms with E-state index < -0.39 is 6.10 Å². The quantitative estimate of drug-likeness (QED) is 0.849. The van der Waals surface area contributed by atoms with E-state index in [4.69, 9.17) is 45.9 Å². The number of rotatable bonds is 2. The molecule has 2 rings (SSSR count). The highest BCUT2D eigenvalue weighted by Gasteiger charge is 2.27. The van der Waals surface area contributed by atoms with E-state index in [0.29, 0.717) is 30.3 Å². The Morgan fingerprint density at radius 1 is 1.47 bits per heavy atom. The lowest BCUT2D eigenvalue weighted by Gasteiger charge is -2.32. The van der Waals surface area contributed by atoms with E-state index >= 15 is 0 Å². The number of nitrogens with zero attached hydrogens (tertiary/aromatic N) is 1. The molecule has 0 bridgehead atoms. The van der Waals surface area contributed by atoms with Gasteiger partial charge in [0.15, 0.2) is 0 Å². The molecule has 0 aromatic heterocycles. The fourth-order valence-electron chi connectivity index (χ4n) is 1.85. The Hall–Kier alpha value is -0.880. The van der Waals surface area contributed by atoms with Crippen molar-refractivity contribution in [2.75, 3.05) is 19.7 Å². The number of nitrogens with two attached hydrogens (primary N) is 1. The van der Waals surface area contributed by atoms with Crippen LogP contribution in [0, 0.1) is 0 Å². The maximum absolute atomic E-state index is 12.4. The summed E-state index contributed by atoms with van der Waals surface area (Å²) in [6, 6.07) is 4.96. The average molecular weight is 319 g/mol. The van der Waals surface area contributed by atoms with Crippen molar-refractivity contribution in [2.24, 2.45) is 5.73 Å². The molecule has 19 heavy (non-hydrogen) atoms. The number of benzene rings is 1. The van der Waals surface area contributed by atoms with Gasteiger partial charge in [-0.3, -0.25) is 4.79 Å². The van der Waals surface area contributed by atoms with E-state index in [-0.39, 0.29) is 15.9 Å². The number of ether oxygens (including phenoxy) is 1. The van der Waals surface area contributed by atoms with Crippen LogP contribution in [0.15, 0.2) is 18.2 Å². The molecule has 7 heteroatoms. The molecule has 102 valence electrons. The Morgan fingerprint density at radius 2 is 2.21 bits per heavy atom. The molecular weight excluding hydrogens is 307 g/mol. The van der Waals surface area contributed by atoms with Gasteiger partial charge >= 0.3 is 0 Å². The summed E-state index contributed by atoms with van der Waals surface area (Å²) < 4.78 is 5.39. The van der Waals surface area contributed by atoms with Crippen molar-refractivity contribution in [1.29, 1.82) is 0 Å². The lowest BCUT2D eigenvalue weighted by molar-refractivity contribution is 0.00879. The Bertz CT molecular complexity index is 524. The molecule has 0 radical (unpaired) electrons. The Morgan fingerprint density at radius 3 is 2.89 bits per heavy atom. The summed E-state index contributed by atoms with van der Waals surface area (Å²) in [6.45, 7) is 1.20. The highest BCUT2D eigenvalue weighted by atomic mass is 35.5. The van der Waals surface area contributed by atoms with Gasteiger partial charge in [0, 0.05) is 6.54 Å². The summed E-state index contributed by atoms with van der Waals surface area (Å²) in [4.78, 5) is 14.2. The van der Waals surface area contributed by atoms with Crippen molar-refractivity contribution in [3.8, 4) is 0 Å². The highest BCUT2D eigenvalue weighted by molar-refractivity contribution is 7.80. The normalized spacial score (nSPS) is 19.3. The molecule has 1 aromatic rings. The summed E-state index contributed by atoms with van der Waals surface area (Å²) >= 11 is 16.8. The first-order valence-electron chi connectivity index (χ1n) is 5.65. The third-order valence-electron chi connectivity index (χ3n) is 2.85. The molecule has 1 aliphatic rings. The third kappa shape index (κ3) is 3.17. The van der Waals surface area contributed by atoms with Gasteiger partial charge < -0.3 is 15.4 Å². The van der Waals surface area contributed by atoms with Gasteiger partial charge in [-0.15, -0.1) is 0 Å². The molecule has 0 aliphatic carbocycles. The van der Waals surface area contributed by atoms with Crippen molar-refractivity contribution in [3.63, 3.8) is 0 Å². The molecule has 1 fully saturated rings. The molecule has 2 N–H and O–H groups in total. The Labute approximate surface area is 126 Å². The van der Waals surface area contributed by atoms with Crippen LogP contribution in [0.25, 0.3) is 0 Å². The zero-order chi connectivity index (χ0) is 14.0. The summed E-state index contributed by atoms with van der Waals surface area (Å²) in [6.07, 6.45) is -0.411. The zero-order valence-electron chi connectivity index (χ0n) is 9.94. The topological polar surface area (TPSA) is 55.6 Å². The number of hydrogen-bond acceptors (Lipinski definition) is 3. The van der Waals surface area contributed by atoms with Crippen LogP contribution in [0.5, 0.6) is 0 Å². The van der Waals surface area contributed by atoms with E-state index in [1.807, 2.05) is 0 Å². The molecular formula is C12H12Cl2N2O2S. The number of carbonyl (C=O) groups is 1. The second kappa shape index (κ2) is 6.05. The van der Waals surface area contributed by atoms with Crippen molar-refractivity contribution < 1.29 is 9.53 Å². The maximum Gasteiger partial charge on any atom is 0.255 e. The average Bonchev–Trinajstić information content (AvgIpc) is 2.41. The fourth-order valence-corrected chi connectivity index (χ4v) is 2.37. The van der Waals surface area contributed by atoms with Gasteiger partial charge in [0.05, 0.1) is 28.8 Å². The minimum Gasteiger partial charge on any atom is -0.391 e. The summed E-state index contributed by atoms with van der Waals surface area (Å²) in [7, 11) is 0. The second-order valence-electron chi connectivity index (χ2n) is 4.11. The summed E-state index contributed by atoms with van der Waals surface area (Å²) in [5.74, 6) is -0.197. The second-order valence-corrected chi connectivity index (χ2v) is 5.37. The van der Waals surface area contributed by atoms with Gasteiger partial charge in [-0.1, -0.05) is 41.5 Å². The maximum atomic E-state index is 12.4. The van der Waals surface area contributed by atoms with Gasteiger partial charge in [-0.25, -0.2) is 0 Å². The largest absolute Gasteiger partial charge is 0.391 e. The number of morpholine rings is 1. The summed E-state index contributed by atoms with van der Waals surface area (Å²) in [5.41, 5.74) is 5.92. The van der Waals surface area contributed by atoms with Crippen LogP contribution in [0.2, 0.25) is 10.0 Å². The minimum atomic E-state index is -0.411. The molecule has 1 saturated heterocycles. The van der Waals surface area contributed by atoms with Crippen LogP contribution >= 0.6 is 35.4 Å². The monoisotopic (exact) mass is 318 g/mol. The first kappa shape index (κ1) is 14.5. The van der Waals surface area contributed by atoms with E-state index in [1.165, 1.54) is 0 Å². The number of thiocarbonyl (C=S) groups is 1. The SMILES string of the molecule is NC(=S)C1CN(C(=O)c2cccc(Cl)c2Cl)CCO1. The lowest BCUT2D eigenvalue weighted by Crippen LogP contribution is -2.50. The first-order valence-corrected chi connectivity index (χ1v) is 6.81. The van der Waals surface area contributed by atoms with Crippen LogP contribution in [-0.2, 0) is 4.74 Å². The van der Waals surface area contributed by atoms with Gasteiger partial charge in [0.25, 0.3) is 5.91 Å². The standard InChI is InChI=1S/C12H12Cl2N2O2S/c13-8-3-1-2-7(10(8)14)12(17)16-4-5-18-9(6-16)11(15)19/h1-3,9H,4-6H2,(H2,15,19). The number of hydrogen-bond donors (Lipinski definition) is 1. The molecule has 1 atom stereocenters. The van der Waals surface area contributed by atoms with Gasteiger partial charge in [-0.05, 0) is 12.1 Å². The molecule has 4 nitrogen and oxygen atoms in total. The molecule has 1 unspecified atom stereocenters. The smallest absolute Gasteiger partial charge is 0.255 e. The molecule has 1 heterocycles. The predicted molar refractivity (Wildman–Crippen MR) is 78.9 cm³/mol. The predicted octanol–water partition coefficient (Wildman–Crippen LogP) is 2.12. The van der Waals surface area contributed by atoms with Gasteiger partial charge in [0.2, 0.25) is 0 Å². The molecule has 1 amide bonds. The van der Waals surface area contributed by atoms with E-state index in [9.17, 15) is 4.79 Å². The minimum absolute atomic E-state index is 0.197. The number of amides is 1. The van der Waals surface area contributed by atoms with E-state index in [2.05, 4.69) is 0 Å². The molecule has 1 aromatic carbocycles. The Kier molecular flexibility index (Phi) is 4.62. The first-order chi connectivity index (χ1) is 9.00. The van der Waals surface area contributed by atoms with Crippen molar-refractivity contribution >= 4 is 46.3 Å². The van der Waals surface area contributed by atoms with Crippen LogP contribution in [0.1, 0.15) is 10.4 Å². The van der Waals surface area contributed by atoms with Crippen LogP contribution in [-0.4, -0.2) is 41.6 Å². The van der Waals surface area contributed by atoms with Crippen molar-refractivity contribution in [1.82, 2.24) is 4.90 Å². The van der Waals surface area contributed by atoms with E-state index in [1.54, 1.807) is 23.1 Å². The van der Waals surface area contributed by atoms with Crippen LogP contribution < -0.4 is 5.73 Å². The number of halogens is 2. The van der Waals surface area contributed by atoms with Gasteiger partial charge in [0.1, 0.15) is 11.1 Å². The molecule has 0 saturated carbocycles. The van der Waals surface area contributed by atoms with Crippen molar-refractivity contribution in [2.45, 2.75) is 6.10 Å². The fraction of sp³-hybridized carbons (Fsp3) is 0.333. The van der Waals surface area contributed by atoms with Crippen LogP contribution in [0.4, 0.5) is 0 Å². The lowest BCUT2D eigenvalue weighted by atomic mass is 10.1. The molecule has 0 spiro atoms. The van der Waals surface area contributed by atoms with Crippen molar-refractivity contribution in [3.05, 3.63) is 33.8 Å². The van der Waals surface area contributed by atoms with E-state index in [0.717, 1.165) is 0 Å².